The van der Waals surface area contributed by atoms with Crippen LogP contribution in [-0.2, 0) is 4.79 Å². The zero-order chi connectivity index (χ0) is 12.6. The van der Waals surface area contributed by atoms with E-state index < -0.39 is 5.60 Å². The van der Waals surface area contributed by atoms with Gasteiger partial charge >= 0.3 is 0 Å². The number of fused-ring (bicyclic) bond motifs is 1. The van der Waals surface area contributed by atoms with Crippen molar-refractivity contribution < 1.29 is 14.3 Å². The van der Waals surface area contributed by atoms with Crippen molar-refractivity contribution in [3.63, 3.8) is 0 Å². The number of hydrogen-bond acceptors (Lipinski definition) is 3. The second-order valence-electron chi connectivity index (χ2n) is 4.84. The Balaban J connectivity index is 2.54. The van der Waals surface area contributed by atoms with Crippen LogP contribution in [0.5, 0.6) is 5.75 Å². The number of hydrogen-bond donors (Lipinski definition) is 0. The number of amides is 1. The zero-order valence-corrected chi connectivity index (χ0v) is 10.2. The molecular weight excluding hydrogens is 218 g/mol. The van der Waals surface area contributed by atoms with Gasteiger partial charge in [0.1, 0.15) is 17.6 Å². The number of carbonyl (C=O) groups excluding carboxylic acids is 2. The summed E-state index contributed by atoms with van der Waals surface area (Å²) in [6, 6.07) is 5.09. The number of ether oxygens (including phenoxy) is 1. The Morgan fingerprint density at radius 1 is 1.41 bits per heavy atom. The fourth-order valence-electron chi connectivity index (χ4n) is 1.91. The molecule has 1 aromatic rings. The number of carbonyl (C=O) groups is 2. The molecule has 90 valence electrons. The molecule has 0 fully saturated rings. The number of rotatable bonds is 1. The maximum absolute atomic E-state index is 11.9. The third-order valence-corrected chi connectivity index (χ3v) is 2.82. The summed E-state index contributed by atoms with van der Waals surface area (Å²) >= 11 is 0. The molecule has 0 spiro atoms. The molecule has 0 atom stereocenters. The molecule has 0 unspecified atom stereocenters. The highest BCUT2D eigenvalue weighted by Crippen LogP contribution is 2.36. The van der Waals surface area contributed by atoms with Gasteiger partial charge in [-0.3, -0.25) is 9.59 Å². The van der Waals surface area contributed by atoms with Crippen LogP contribution in [0.25, 0.3) is 0 Å². The predicted octanol–water partition coefficient (Wildman–Crippen LogP) is 2.02. The third kappa shape index (κ3) is 2.16. The molecule has 0 aromatic heterocycles. The van der Waals surface area contributed by atoms with Crippen molar-refractivity contribution in [3.8, 4) is 5.75 Å². The van der Waals surface area contributed by atoms with Crippen LogP contribution in [0.15, 0.2) is 18.2 Å². The maximum Gasteiger partial charge on any atom is 0.230 e. The van der Waals surface area contributed by atoms with Gasteiger partial charge in [-0.2, -0.15) is 0 Å². The van der Waals surface area contributed by atoms with Crippen LogP contribution in [0.3, 0.4) is 0 Å². The molecule has 2 rings (SSSR count). The Morgan fingerprint density at radius 2 is 2.12 bits per heavy atom. The van der Waals surface area contributed by atoms with Crippen molar-refractivity contribution in [3.05, 3.63) is 23.8 Å². The summed E-state index contributed by atoms with van der Waals surface area (Å²) in [6.07, 6.45) is 1.07. The van der Waals surface area contributed by atoms with Crippen LogP contribution >= 0.6 is 0 Å². The summed E-state index contributed by atoms with van der Waals surface area (Å²) in [6.45, 7) is 3.75. The summed E-state index contributed by atoms with van der Waals surface area (Å²) < 4.78 is 5.81. The van der Waals surface area contributed by atoms with Gasteiger partial charge in [0.25, 0.3) is 0 Å². The lowest BCUT2D eigenvalue weighted by molar-refractivity contribution is -0.120. The molecule has 1 aromatic carbocycles. The number of benzene rings is 1. The molecule has 0 radical (unpaired) electrons. The summed E-state index contributed by atoms with van der Waals surface area (Å²) in [5, 5.41) is 0. The largest absolute Gasteiger partial charge is 0.485 e. The first-order valence-electron chi connectivity index (χ1n) is 5.48. The van der Waals surface area contributed by atoms with Crippen molar-refractivity contribution in [2.75, 3.05) is 11.9 Å². The van der Waals surface area contributed by atoms with Crippen molar-refractivity contribution in [2.45, 2.75) is 25.9 Å². The Hall–Kier alpha value is -1.84. The lowest BCUT2D eigenvalue weighted by Gasteiger charge is -2.23. The lowest BCUT2D eigenvalue weighted by Crippen LogP contribution is -2.34. The standard InChI is InChI=1S/C13H15NO3/c1-13(2)7-12(16)14(3)10-6-9(8-15)4-5-11(10)17-13/h4-6,8H,7H2,1-3H3. The van der Waals surface area contributed by atoms with Crippen LogP contribution in [0.1, 0.15) is 30.6 Å². The molecule has 1 aliphatic rings. The van der Waals surface area contributed by atoms with Crippen molar-refractivity contribution in [1.82, 2.24) is 0 Å². The van der Waals surface area contributed by atoms with Gasteiger partial charge in [0.05, 0.1) is 12.1 Å². The SMILES string of the molecule is CN1C(=O)CC(C)(C)Oc2ccc(C=O)cc21. The van der Waals surface area contributed by atoms with E-state index in [0.29, 0.717) is 23.4 Å². The number of aldehydes is 1. The first kappa shape index (κ1) is 11.6. The zero-order valence-electron chi connectivity index (χ0n) is 10.2. The van der Waals surface area contributed by atoms with Gasteiger partial charge in [0.15, 0.2) is 0 Å². The van der Waals surface area contributed by atoms with Gasteiger partial charge in [0.2, 0.25) is 5.91 Å². The summed E-state index contributed by atoms with van der Waals surface area (Å²) in [5.41, 5.74) is 0.649. The maximum atomic E-state index is 11.9. The van der Waals surface area contributed by atoms with Crippen molar-refractivity contribution in [1.29, 1.82) is 0 Å². The average Bonchev–Trinajstić information content (AvgIpc) is 2.34. The number of nitrogens with zero attached hydrogens (tertiary/aromatic N) is 1. The molecule has 1 heterocycles. The molecule has 0 bridgehead atoms. The first-order chi connectivity index (χ1) is 7.93. The van der Waals surface area contributed by atoms with E-state index in [4.69, 9.17) is 4.74 Å². The van der Waals surface area contributed by atoms with E-state index >= 15 is 0 Å². The minimum Gasteiger partial charge on any atom is -0.485 e. The molecule has 1 amide bonds. The highest BCUT2D eigenvalue weighted by molar-refractivity contribution is 5.96. The van der Waals surface area contributed by atoms with Gasteiger partial charge in [-0.05, 0) is 32.0 Å². The molecule has 0 N–H and O–H groups in total. The van der Waals surface area contributed by atoms with E-state index in [1.54, 1.807) is 25.2 Å². The Morgan fingerprint density at radius 3 is 2.76 bits per heavy atom. The normalized spacial score (nSPS) is 18.1. The van der Waals surface area contributed by atoms with Gasteiger partial charge in [-0.15, -0.1) is 0 Å². The number of anilines is 1. The van der Waals surface area contributed by atoms with Gasteiger partial charge < -0.3 is 9.64 Å². The summed E-state index contributed by atoms with van der Waals surface area (Å²) in [7, 11) is 1.69. The Labute approximate surface area is 100 Å². The fourth-order valence-corrected chi connectivity index (χ4v) is 1.91. The Kier molecular flexibility index (Phi) is 2.65. The second kappa shape index (κ2) is 3.87. The predicted molar refractivity (Wildman–Crippen MR) is 64.6 cm³/mol. The van der Waals surface area contributed by atoms with Crippen LogP contribution in [0, 0.1) is 0 Å². The summed E-state index contributed by atoms with van der Waals surface area (Å²) in [4.78, 5) is 24.2. The average molecular weight is 233 g/mol. The van der Waals surface area contributed by atoms with Crippen molar-refractivity contribution in [2.24, 2.45) is 0 Å². The summed E-state index contributed by atoms with van der Waals surface area (Å²) in [5.74, 6) is 0.616. The molecule has 17 heavy (non-hydrogen) atoms. The van der Waals surface area contributed by atoms with E-state index in [9.17, 15) is 9.59 Å². The fraction of sp³-hybridized carbons (Fsp3) is 0.385. The van der Waals surface area contributed by atoms with E-state index in [1.807, 2.05) is 13.8 Å². The van der Waals surface area contributed by atoms with Crippen LogP contribution < -0.4 is 9.64 Å². The molecule has 0 saturated carbocycles. The minimum absolute atomic E-state index is 0.0169. The third-order valence-electron chi connectivity index (χ3n) is 2.82. The van der Waals surface area contributed by atoms with E-state index in [0.717, 1.165) is 6.29 Å². The monoisotopic (exact) mass is 233 g/mol. The van der Waals surface area contributed by atoms with Crippen molar-refractivity contribution >= 4 is 17.9 Å². The smallest absolute Gasteiger partial charge is 0.230 e. The highest BCUT2D eigenvalue weighted by atomic mass is 16.5. The van der Waals surface area contributed by atoms with Gasteiger partial charge in [-0.1, -0.05) is 0 Å². The second-order valence-corrected chi connectivity index (χ2v) is 4.84. The Bertz CT molecular complexity index is 480. The van der Waals surface area contributed by atoms with E-state index in [-0.39, 0.29) is 5.91 Å². The van der Waals surface area contributed by atoms with Crippen LogP contribution in [0.2, 0.25) is 0 Å². The van der Waals surface area contributed by atoms with E-state index in [1.165, 1.54) is 4.90 Å². The van der Waals surface area contributed by atoms with Gasteiger partial charge in [0, 0.05) is 12.6 Å². The van der Waals surface area contributed by atoms with E-state index in [2.05, 4.69) is 0 Å². The molecular formula is C13H15NO3. The van der Waals surface area contributed by atoms with Gasteiger partial charge in [-0.25, -0.2) is 0 Å². The minimum atomic E-state index is -0.528. The quantitative estimate of drug-likeness (QED) is 0.697. The lowest BCUT2D eigenvalue weighted by atomic mass is 10.1. The molecule has 4 heteroatoms. The van der Waals surface area contributed by atoms with Crippen LogP contribution in [-0.4, -0.2) is 24.8 Å². The van der Waals surface area contributed by atoms with Crippen LogP contribution in [0.4, 0.5) is 5.69 Å². The molecule has 0 saturated heterocycles. The first-order valence-corrected chi connectivity index (χ1v) is 5.48. The molecule has 1 aliphatic heterocycles. The topological polar surface area (TPSA) is 46.6 Å². The molecule has 4 nitrogen and oxygen atoms in total. The molecule has 0 aliphatic carbocycles. The highest BCUT2D eigenvalue weighted by Gasteiger charge is 2.32.